The molecule has 11 amide bonds. The number of imide groups is 4. The topological polar surface area (TPSA) is 370 Å². The summed E-state index contributed by atoms with van der Waals surface area (Å²) in [4.78, 5) is 164. The Kier molecular flexibility index (Phi) is 34.9. The second-order valence-corrected chi connectivity index (χ2v) is 20.9. The van der Waals surface area contributed by atoms with Gasteiger partial charge in [-0.3, -0.25) is 77.1 Å². The summed E-state index contributed by atoms with van der Waals surface area (Å²) in [5, 5.41) is 15.2. The van der Waals surface area contributed by atoms with Crippen LogP contribution in [0.4, 0.5) is 13.2 Å². The number of nitrogens with zero attached hydrogens (tertiary/aromatic N) is 4. The fourth-order valence-electron chi connectivity index (χ4n) is 8.23. The number of carboxylic acids is 1. The third-order valence-corrected chi connectivity index (χ3v) is 12.5. The Morgan fingerprint density at radius 2 is 0.761 bits per heavy atom. The van der Waals surface area contributed by atoms with Crippen molar-refractivity contribution < 1.29 is 90.1 Å². The second kappa shape index (κ2) is 40.0. The molecular formula is C63H77ClF3N9O16. The fraction of sp³-hybridized carbons (Fsp3) is 0.365. The van der Waals surface area contributed by atoms with Gasteiger partial charge in [-0.25, -0.2) is 4.79 Å². The number of halogens is 4. The summed E-state index contributed by atoms with van der Waals surface area (Å²) in [6.45, 7) is 8.24. The summed E-state index contributed by atoms with van der Waals surface area (Å²) in [6, 6.07) is 27.7. The summed E-state index contributed by atoms with van der Waals surface area (Å²) in [6.07, 6.45) is 6.05. The summed E-state index contributed by atoms with van der Waals surface area (Å²) in [5.41, 5.74) is 13.2. The molecule has 92 heavy (non-hydrogen) atoms. The number of hydrogen-bond acceptors (Lipinski definition) is 17. The molecule has 0 saturated heterocycles. The van der Waals surface area contributed by atoms with Crippen molar-refractivity contribution in [1.82, 2.24) is 35.6 Å². The monoisotopic (exact) mass is 1310 g/mol. The van der Waals surface area contributed by atoms with Gasteiger partial charge in [0, 0.05) is 113 Å². The number of hydrogen-bond donors (Lipinski definition) is 6. The van der Waals surface area contributed by atoms with Crippen molar-refractivity contribution in [3.05, 3.63) is 156 Å². The minimum Gasteiger partial charge on any atom is -0.475 e. The Morgan fingerprint density at radius 1 is 0.489 bits per heavy atom. The third kappa shape index (κ3) is 29.7. The zero-order chi connectivity index (χ0) is 67.1. The van der Waals surface area contributed by atoms with Crippen LogP contribution in [0.15, 0.2) is 140 Å². The molecule has 7 rings (SSSR count). The summed E-state index contributed by atoms with van der Waals surface area (Å²) < 4.78 is 37.1. The predicted molar refractivity (Wildman–Crippen MR) is 330 cm³/mol. The highest BCUT2D eigenvalue weighted by Gasteiger charge is 2.38. The Balaban J connectivity index is 0.000000609. The van der Waals surface area contributed by atoms with Gasteiger partial charge in [0.2, 0.25) is 17.7 Å². The molecule has 0 radical (unpaired) electrons. The summed E-state index contributed by atoms with van der Waals surface area (Å²) >= 11 is 0. The highest BCUT2D eigenvalue weighted by Crippen LogP contribution is 2.18. The first-order valence-corrected chi connectivity index (χ1v) is 28.0. The molecule has 8 N–H and O–H groups in total. The zero-order valence-corrected chi connectivity index (χ0v) is 51.1. The van der Waals surface area contributed by atoms with Gasteiger partial charge in [-0.15, -0.1) is 12.4 Å². The Morgan fingerprint density at radius 3 is 1.03 bits per heavy atom. The van der Waals surface area contributed by atoms with Crippen molar-refractivity contribution in [2.45, 2.75) is 85.0 Å². The van der Waals surface area contributed by atoms with E-state index in [0.29, 0.717) is 32.4 Å². The number of nitrogens with two attached hydrogens (primary N) is 2. The number of aliphatic carboxylic acids is 1. The Labute approximate surface area is 535 Å². The highest BCUT2D eigenvalue weighted by molar-refractivity contribution is 6.14. The van der Waals surface area contributed by atoms with Crippen LogP contribution >= 0.6 is 12.4 Å². The van der Waals surface area contributed by atoms with E-state index >= 15 is 0 Å². The maximum absolute atomic E-state index is 12.7. The van der Waals surface area contributed by atoms with Crippen molar-refractivity contribution in [1.29, 1.82) is 0 Å². The Bertz CT molecular complexity index is 3120. The number of ether oxygens (including phenoxy) is 1. The SMILES string of the molecule is C.CC(=O)C[C@@H](Cc1ccccc1)C(=O)NCCN1C(=O)C=CC1=O.CC(C)(C)OC(=O)C[C@@H](Cc1ccccc1)C(=O)NCCN1C(=O)C=CC1=O.Cl.NCCN1C(=O)C=CC1=O.N[C@@H](Cc1ccccc1)C(=O)NCCN1C(=O)C=CC1=O.O=C(O)C(F)(F)F. The number of Topliss-reactive ketones (excluding diaryl/α,β-unsaturated/α-hetero) is 1. The predicted octanol–water partition coefficient (Wildman–Crippen LogP) is 2.64. The molecule has 29 heteroatoms. The first-order chi connectivity index (χ1) is 42.4. The van der Waals surface area contributed by atoms with Gasteiger partial charge in [0.15, 0.2) is 0 Å². The van der Waals surface area contributed by atoms with Gasteiger partial charge in [-0.2, -0.15) is 13.2 Å². The number of carbonyl (C=O) groups excluding carboxylic acids is 13. The molecule has 0 aromatic heterocycles. The van der Waals surface area contributed by atoms with Crippen molar-refractivity contribution in [2.24, 2.45) is 23.3 Å². The maximum Gasteiger partial charge on any atom is 0.490 e. The van der Waals surface area contributed by atoms with Crippen LogP contribution in [0.5, 0.6) is 0 Å². The molecule has 3 atom stereocenters. The van der Waals surface area contributed by atoms with Crippen LogP contribution < -0.4 is 27.4 Å². The quantitative estimate of drug-likeness (QED) is 0.0554. The van der Waals surface area contributed by atoms with Crippen LogP contribution in [-0.4, -0.2) is 178 Å². The molecule has 0 aliphatic carbocycles. The second-order valence-electron chi connectivity index (χ2n) is 20.9. The number of benzene rings is 3. The van der Waals surface area contributed by atoms with Crippen molar-refractivity contribution in [2.75, 3.05) is 52.4 Å². The number of carboxylic acid groups (broad SMARTS) is 1. The molecule has 0 fully saturated rings. The number of alkyl halides is 3. The lowest BCUT2D eigenvalue weighted by Gasteiger charge is -2.22. The normalized spacial score (nSPS) is 14.6. The number of nitrogens with one attached hydrogen (secondary N) is 3. The molecular weight excluding hydrogens is 1230 g/mol. The largest absolute Gasteiger partial charge is 0.490 e. The van der Waals surface area contributed by atoms with E-state index < -0.39 is 53.4 Å². The average Bonchev–Trinajstić information content (AvgIpc) is 1.91. The third-order valence-electron chi connectivity index (χ3n) is 12.5. The minimum absolute atomic E-state index is 0. The van der Waals surface area contributed by atoms with Crippen molar-refractivity contribution in [3.63, 3.8) is 0 Å². The van der Waals surface area contributed by atoms with Crippen molar-refractivity contribution in [3.8, 4) is 0 Å². The van der Waals surface area contributed by atoms with E-state index in [0.717, 1.165) is 36.3 Å². The average molecular weight is 1310 g/mol. The van der Waals surface area contributed by atoms with Crippen molar-refractivity contribution >= 4 is 95.1 Å². The maximum atomic E-state index is 12.7. The van der Waals surface area contributed by atoms with Crippen LogP contribution in [0.25, 0.3) is 0 Å². The van der Waals surface area contributed by atoms with Crippen LogP contribution in [0.1, 0.15) is 64.7 Å². The van der Waals surface area contributed by atoms with Gasteiger partial charge in [0.25, 0.3) is 47.3 Å². The molecule has 0 unspecified atom stereocenters. The first kappa shape index (κ1) is 80.2. The molecule has 0 bridgehead atoms. The van der Waals surface area contributed by atoms with E-state index in [1.54, 1.807) is 20.8 Å². The molecule has 4 aliphatic heterocycles. The first-order valence-electron chi connectivity index (χ1n) is 28.0. The lowest BCUT2D eigenvalue weighted by Crippen LogP contribution is -2.45. The molecule has 3 aromatic rings. The smallest absolute Gasteiger partial charge is 0.475 e. The number of carbonyl (C=O) groups is 14. The molecule has 0 spiro atoms. The lowest BCUT2D eigenvalue weighted by molar-refractivity contribution is -0.192. The van der Waals surface area contributed by atoms with Crippen LogP contribution in [-0.2, 0) is 91.1 Å². The molecule has 4 aliphatic rings. The van der Waals surface area contributed by atoms with E-state index in [4.69, 9.17) is 26.1 Å². The zero-order valence-electron chi connectivity index (χ0n) is 50.3. The van der Waals surface area contributed by atoms with Gasteiger partial charge < -0.3 is 42.1 Å². The molecule has 3 aromatic carbocycles. The fourth-order valence-corrected chi connectivity index (χ4v) is 8.23. The van der Waals surface area contributed by atoms with E-state index in [2.05, 4.69) is 16.0 Å². The Hall–Kier alpha value is -9.80. The van der Waals surface area contributed by atoms with Gasteiger partial charge in [0.05, 0.1) is 18.4 Å². The summed E-state index contributed by atoms with van der Waals surface area (Å²) in [7, 11) is 0. The lowest BCUT2D eigenvalue weighted by atomic mass is 9.94. The van der Waals surface area contributed by atoms with E-state index in [1.165, 1.54) is 55.5 Å². The van der Waals surface area contributed by atoms with Gasteiger partial charge in [-0.1, -0.05) is 98.4 Å². The van der Waals surface area contributed by atoms with Gasteiger partial charge in [-0.05, 0) is 63.6 Å². The molecule has 0 saturated carbocycles. The molecule has 4 heterocycles. The van der Waals surface area contributed by atoms with E-state index in [-0.39, 0.29) is 131 Å². The molecule has 498 valence electrons. The van der Waals surface area contributed by atoms with Crippen LogP contribution in [0.3, 0.4) is 0 Å². The number of esters is 1. The molecule has 25 nitrogen and oxygen atoms in total. The van der Waals surface area contributed by atoms with Gasteiger partial charge in [0.1, 0.15) is 11.4 Å². The summed E-state index contributed by atoms with van der Waals surface area (Å²) in [5.74, 6) is -8.00. The van der Waals surface area contributed by atoms with E-state index in [1.807, 2.05) is 91.0 Å². The number of ketones is 1. The van der Waals surface area contributed by atoms with Gasteiger partial charge >= 0.3 is 18.1 Å². The highest BCUT2D eigenvalue weighted by atomic mass is 35.5. The number of amides is 11. The van der Waals surface area contributed by atoms with E-state index in [9.17, 15) is 75.5 Å². The number of rotatable bonds is 24. The minimum atomic E-state index is -5.08. The van der Waals surface area contributed by atoms with Crippen LogP contribution in [0, 0.1) is 11.8 Å². The standard InChI is InChI=1S/C21H26N2O5.C18H20N2O4.C15H17N3O3.C6H8N2O2.C2HF3O2.CH4.ClH/c1-21(2,3)28-19(26)14-16(13-15-7-5-4-6-8-15)20(27)22-11-12-23-17(24)9-10-18(23)25;1-13(21)11-15(12-14-5-3-2-4-6-14)18(24)19-9-10-20-16(22)7-8-17(20)23;16-12(10-11-4-2-1-3-5-11)15(21)17-8-9-18-13(19)6-7-14(18)20;7-3-4-8-5(9)1-2-6(8)10;3-2(4,5)1(6)7;;/h4-10,16H,11-14H2,1-3H3,(H,22,27);2-8,15H,9-12H2,1H3,(H,19,24);1-7,12H,8-10,16H2,(H,17,21);1-2H,3-4,7H2;(H,6,7);1H4;1H/t16-;15-;12-;;;;/m100..../s1. The van der Waals surface area contributed by atoms with Crippen LogP contribution in [0.2, 0.25) is 0 Å².